The molecule has 1 aromatic carbocycles. The van der Waals surface area contributed by atoms with E-state index in [2.05, 4.69) is 4.98 Å². The van der Waals surface area contributed by atoms with Gasteiger partial charge >= 0.3 is 5.97 Å². The summed E-state index contributed by atoms with van der Waals surface area (Å²) in [6.07, 6.45) is 0. The molecule has 1 heterocycles. The molecule has 0 saturated carbocycles. The average molecular weight is 291 g/mol. The van der Waals surface area contributed by atoms with Gasteiger partial charge in [0.05, 0.1) is 17.0 Å². The van der Waals surface area contributed by atoms with Crippen LogP contribution in [0.1, 0.15) is 36.3 Å². The summed E-state index contributed by atoms with van der Waals surface area (Å²) in [7, 11) is 1.60. The van der Waals surface area contributed by atoms with Crippen molar-refractivity contribution >= 4 is 17.3 Å². The molecule has 0 aliphatic rings. The van der Waals surface area contributed by atoms with Crippen molar-refractivity contribution in [1.29, 1.82) is 0 Å². The summed E-state index contributed by atoms with van der Waals surface area (Å²) in [5.41, 5.74) is 0.792. The van der Waals surface area contributed by atoms with Crippen LogP contribution in [0.4, 0.5) is 0 Å². The van der Waals surface area contributed by atoms with Crippen molar-refractivity contribution in [1.82, 2.24) is 4.98 Å². The molecule has 1 N–H and O–H groups in total. The second-order valence-electron chi connectivity index (χ2n) is 5.48. The lowest BCUT2D eigenvalue weighted by atomic mass is 9.98. The molecule has 0 spiro atoms. The number of rotatable bonds is 3. The smallest absolute Gasteiger partial charge is 0.356 e. The molecule has 0 fully saturated rings. The van der Waals surface area contributed by atoms with E-state index in [1.807, 2.05) is 45.0 Å². The van der Waals surface area contributed by atoms with E-state index in [4.69, 9.17) is 4.74 Å². The highest BCUT2D eigenvalue weighted by atomic mass is 32.1. The highest BCUT2D eigenvalue weighted by Gasteiger charge is 2.25. The van der Waals surface area contributed by atoms with Gasteiger partial charge in [0.25, 0.3) is 0 Å². The van der Waals surface area contributed by atoms with Crippen LogP contribution in [0, 0.1) is 0 Å². The average Bonchev–Trinajstić information content (AvgIpc) is 2.84. The van der Waals surface area contributed by atoms with Crippen LogP contribution in [0.15, 0.2) is 24.3 Å². The van der Waals surface area contributed by atoms with Crippen molar-refractivity contribution < 1.29 is 14.6 Å². The summed E-state index contributed by atoms with van der Waals surface area (Å²) < 4.78 is 5.11. The van der Waals surface area contributed by atoms with E-state index in [1.54, 1.807) is 7.11 Å². The second-order valence-corrected chi connectivity index (χ2v) is 6.48. The fraction of sp³-hybridized carbons (Fsp3) is 0.333. The molecule has 0 saturated heterocycles. The third-order valence-corrected chi connectivity index (χ3v) is 4.35. The van der Waals surface area contributed by atoms with Gasteiger partial charge < -0.3 is 9.84 Å². The number of benzene rings is 1. The number of aromatic carboxylic acids is 1. The molecule has 4 nitrogen and oxygen atoms in total. The van der Waals surface area contributed by atoms with Gasteiger partial charge in [-0.05, 0) is 29.8 Å². The van der Waals surface area contributed by atoms with Crippen molar-refractivity contribution in [2.75, 3.05) is 7.11 Å². The number of hydrogen-bond acceptors (Lipinski definition) is 4. The maximum absolute atomic E-state index is 11.4. The molecule has 0 aliphatic heterocycles. The second kappa shape index (κ2) is 5.25. The Balaban J connectivity index is 2.53. The van der Waals surface area contributed by atoms with E-state index in [0.29, 0.717) is 4.88 Å². The van der Waals surface area contributed by atoms with Gasteiger partial charge in [0.1, 0.15) is 5.75 Å². The van der Waals surface area contributed by atoms with Gasteiger partial charge in [-0.25, -0.2) is 9.78 Å². The topological polar surface area (TPSA) is 59.4 Å². The number of carboxylic acid groups (broad SMARTS) is 1. The van der Waals surface area contributed by atoms with Gasteiger partial charge in [-0.3, -0.25) is 0 Å². The number of ether oxygens (including phenoxy) is 1. The summed E-state index contributed by atoms with van der Waals surface area (Å²) >= 11 is 1.43. The molecule has 0 bridgehead atoms. The first-order chi connectivity index (χ1) is 9.32. The molecule has 1 aromatic heterocycles. The van der Waals surface area contributed by atoms with Gasteiger partial charge in [-0.15, -0.1) is 11.3 Å². The van der Waals surface area contributed by atoms with E-state index in [9.17, 15) is 9.90 Å². The Morgan fingerprint density at radius 3 is 2.30 bits per heavy atom. The van der Waals surface area contributed by atoms with E-state index in [1.165, 1.54) is 11.3 Å². The number of aromatic nitrogens is 1. The number of carboxylic acids is 1. The molecule has 5 heteroatoms. The van der Waals surface area contributed by atoms with Gasteiger partial charge in [0, 0.05) is 5.41 Å². The van der Waals surface area contributed by atoms with Crippen molar-refractivity contribution in [2.45, 2.75) is 26.2 Å². The Bertz CT molecular complexity index is 624. The monoisotopic (exact) mass is 291 g/mol. The van der Waals surface area contributed by atoms with Crippen LogP contribution in [0.25, 0.3) is 10.4 Å². The number of thiazole rings is 1. The van der Waals surface area contributed by atoms with Crippen LogP contribution >= 0.6 is 11.3 Å². The lowest BCUT2D eigenvalue weighted by Gasteiger charge is -2.13. The molecule has 0 amide bonds. The fourth-order valence-electron chi connectivity index (χ4n) is 1.72. The maximum atomic E-state index is 11.4. The lowest BCUT2D eigenvalue weighted by Crippen LogP contribution is -2.11. The molecular formula is C15H17NO3S. The summed E-state index contributed by atoms with van der Waals surface area (Å²) in [6.45, 7) is 6.07. The molecular weight excluding hydrogens is 274 g/mol. The van der Waals surface area contributed by atoms with Crippen LogP contribution in [-0.4, -0.2) is 23.2 Å². The summed E-state index contributed by atoms with van der Waals surface area (Å²) in [6, 6.07) is 7.34. The molecule has 2 aromatic rings. The molecule has 2 rings (SSSR count). The number of nitrogens with zero attached hydrogens (tertiary/aromatic N) is 1. The fourth-order valence-corrected chi connectivity index (χ4v) is 2.84. The predicted molar refractivity (Wildman–Crippen MR) is 79.8 cm³/mol. The quantitative estimate of drug-likeness (QED) is 0.934. The molecule has 0 radical (unpaired) electrons. The van der Waals surface area contributed by atoms with Crippen LogP contribution in [-0.2, 0) is 5.41 Å². The molecule has 20 heavy (non-hydrogen) atoms. The van der Waals surface area contributed by atoms with E-state index in [0.717, 1.165) is 16.3 Å². The number of hydrogen-bond donors (Lipinski definition) is 1. The highest BCUT2D eigenvalue weighted by molar-refractivity contribution is 7.15. The van der Waals surface area contributed by atoms with Gasteiger partial charge in [-0.2, -0.15) is 0 Å². The molecule has 0 unspecified atom stereocenters. The predicted octanol–water partition coefficient (Wildman–Crippen LogP) is 3.81. The standard InChI is InChI=1S/C15H17NO3S/c1-15(2,3)14-16-11(13(17)18)12(20-14)9-5-7-10(19-4)8-6-9/h5-8H,1-4H3,(H,17,18). The molecule has 0 aliphatic carbocycles. The van der Waals surface area contributed by atoms with Crippen LogP contribution in [0.2, 0.25) is 0 Å². The largest absolute Gasteiger partial charge is 0.497 e. The Morgan fingerprint density at radius 1 is 1.25 bits per heavy atom. The van der Waals surface area contributed by atoms with Gasteiger partial charge in [0.2, 0.25) is 0 Å². The Labute approximate surface area is 122 Å². The molecule has 106 valence electrons. The Hall–Kier alpha value is -1.88. The van der Waals surface area contributed by atoms with Gasteiger partial charge in [0.15, 0.2) is 5.69 Å². The third kappa shape index (κ3) is 2.82. The van der Waals surface area contributed by atoms with Crippen LogP contribution in [0.5, 0.6) is 5.75 Å². The normalized spacial score (nSPS) is 11.4. The van der Waals surface area contributed by atoms with Gasteiger partial charge in [-0.1, -0.05) is 20.8 Å². The lowest BCUT2D eigenvalue weighted by molar-refractivity contribution is 0.0692. The van der Waals surface area contributed by atoms with Crippen molar-refractivity contribution in [3.63, 3.8) is 0 Å². The first kappa shape index (κ1) is 14.5. The minimum absolute atomic E-state index is 0.116. The Morgan fingerprint density at radius 2 is 1.85 bits per heavy atom. The summed E-state index contributed by atoms with van der Waals surface area (Å²) in [5.74, 6) is -0.256. The van der Waals surface area contributed by atoms with E-state index < -0.39 is 5.97 Å². The first-order valence-corrected chi connectivity index (χ1v) is 7.03. The van der Waals surface area contributed by atoms with Crippen molar-refractivity contribution in [3.05, 3.63) is 35.0 Å². The zero-order valence-corrected chi connectivity index (χ0v) is 12.7. The third-order valence-electron chi connectivity index (χ3n) is 2.82. The summed E-state index contributed by atoms with van der Waals surface area (Å²) in [5, 5.41) is 10.1. The molecule has 0 atom stereocenters. The number of carbonyl (C=O) groups is 1. The number of methoxy groups -OCH3 is 1. The highest BCUT2D eigenvalue weighted by Crippen LogP contribution is 2.36. The zero-order chi connectivity index (χ0) is 14.9. The van der Waals surface area contributed by atoms with E-state index >= 15 is 0 Å². The maximum Gasteiger partial charge on any atom is 0.356 e. The van der Waals surface area contributed by atoms with E-state index in [-0.39, 0.29) is 11.1 Å². The minimum Gasteiger partial charge on any atom is -0.497 e. The van der Waals surface area contributed by atoms with Crippen molar-refractivity contribution in [2.24, 2.45) is 0 Å². The minimum atomic E-state index is -0.998. The zero-order valence-electron chi connectivity index (χ0n) is 11.9. The summed E-state index contributed by atoms with van der Waals surface area (Å²) in [4.78, 5) is 16.4. The SMILES string of the molecule is COc1ccc(-c2sc(C(C)(C)C)nc2C(=O)O)cc1. The first-order valence-electron chi connectivity index (χ1n) is 6.22. The Kier molecular flexibility index (Phi) is 3.81. The van der Waals surface area contributed by atoms with Crippen LogP contribution < -0.4 is 4.74 Å². The van der Waals surface area contributed by atoms with Crippen LogP contribution in [0.3, 0.4) is 0 Å². The van der Waals surface area contributed by atoms with Crippen molar-refractivity contribution in [3.8, 4) is 16.2 Å².